The summed E-state index contributed by atoms with van der Waals surface area (Å²) in [4.78, 5) is 0.233. The van der Waals surface area contributed by atoms with Crippen molar-refractivity contribution in [3.63, 3.8) is 0 Å². The Morgan fingerprint density at radius 1 is 1.26 bits per heavy atom. The van der Waals surface area contributed by atoms with Crippen LogP contribution in [-0.4, -0.2) is 31.4 Å². The summed E-state index contributed by atoms with van der Waals surface area (Å²) in [6, 6.07) is 6.47. The fourth-order valence-electron chi connectivity index (χ4n) is 1.67. The van der Waals surface area contributed by atoms with Crippen molar-refractivity contribution in [3.05, 3.63) is 29.8 Å². The molecule has 0 radical (unpaired) electrons. The maximum Gasteiger partial charge on any atom is 0.242 e. The Hall–Kier alpha value is -0.910. The summed E-state index contributed by atoms with van der Waals surface area (Å²) in [7, 11) is -1.88. The van der Waals surface area contributed by atoms with Gasteiger partial charge in [-0.2, -0.15) is 0 Å². The van der Waals surface area contributed by atoms with E-state index in [1.165, 1.54) is 10.4 Å². The Kier molecular flexibility index (Phi) is 5.52. The van der Waals surface area contributed by atoms with Gasteiger partial charge in [0.05, 0.1) is 11.0 Å². The second-order valence-electron chi connectivity index (χ2n) is 5.26. The monoisotopic (exact) mass is 285 g/mol. The van der Waals surface area contributed by atoms with Gasteiger partial charge >= 0.3 is 0 Å². The summed E-state index contributed by atoms with van der Waals surface area (Å²) >= 11 is 0. The average Bonchev–Trinajstić information content (AvgIpc) is 2.35. The molecule has 4 nitrogen and oxygen atoms in total. The van der Waals surface area contributed by atoms with Gasteiger partial charge in [0.15, 0.2) is 0 Å². The molecule has 1 unspecified atom stereocenters. The molecule has 19 heavy (non-hydrogen) atoms. The molecule has 1 atom stereocenters. The van der Waals surface area contributed by atoms with E-state index in [0.29, 0.717) is 18.0 Å². The number of hydrogen-bond acceptors (Lipinski definition) is 3. The summed E-state index contributed by atoms with van der Waals surface area (Å²) in [5.41, 5.74) is 0.610. The van der Waals surface area contributed by atoms with E-state index in [1.807, 2.05) is 0 Å². The van der Waals surface area contributed by atoms with E-state index in [4.69, 9.17) is 0 Å². The molecule has 1 aromatic carbocycles. The molecule has 0 amide bonds. The van der Waals surface area contributed by atoms with E-state index >= 15 is 0 Å². The molecule has 0 aliphatic carbocycles. The van der Waals surface area contributed by atoms with Crippen LogP contribution in [0, 0.1) is 5.92 Å². The van der Waals surface area contributed by atoms with Gasteiger partial charge in [-0.3, -0.25) is 0 Å². The Morgan fingerprint density at radius 3 is 2.42 bits per heavy atom. The first-order chi connectivity index (χ1) is 8.75. The zero-order valence-electron chi connectivity index (χ0n) is 12.0. The number of rotatable bonds is 6. The second kappa shape index (κ2) is 6.50. The molecule has 1 N–H and O–H groups in total. The van der Waals surface area contributed by atoms with Crippen molar-refractivity contribution in [2.45, 2.75) is 38.2 Å². The largest absolute Gasteiger partial charge is 0.389 e. The molecule has 0 saturated heterocycles. The van der Waals surface area contributed by atoms with E-state index in [1.54, 1.807) is 32.2 Å². The lowest BCUT2D eigenvalue weighted by Gasteiger charge is -2.19. The van der Waals surface area contributed by atoms with Crippen LogP contribution in [0.25, 0.3) is 0 Å². The van der Waals surface area contributed by atoms with Gasteiger partial charge in [-0.1, -0.05) is 26.0 Å². The normalized spacial score (nSPS) is 14.1. The van der Waals surface area contributed by atoms with E-state index in [0.717, 1.165) is 6.42 Å². The Balaban J connectivity index is 2.96. The van der Waals surface area contributed by atoms with E-state index in [9.17, 15) is 13.5 Å². The molecule has 1 rings (SSSR count). The molecule has 0 saturated carbocycles. The summed E-state index contributed by atoms with van der Waals surface area (Å²) in [6.07, 6.45) is 0.155. The van der Waals surface area contributed by atoms with Gasteiger partial charge in [0.1, 0.15) is 0 Å². The fourth-order valence-corrected chi connectivity index (χ4v) is 2.92. The molecule has 0 bridgehead atoms. The van der Waals surface area contributed by atoms with Crippen LogP contribution in [0.15, 0.2) is 29.2 Å². The van der Waals surface area contributed by atoms with Crippen molar-refractivity contribution in [2.24, 2.45) is 5.92 Å². The predicted molar refractivity (Wildman–Crippen MR) is 76.3 cm³/mol. The van der Waals surface area contributed by atoms with Gasteiger partial charge in [0, 0.05) is 13.6 Å². The number of benzene rings is 1. The molecule has 0 aliphatic rings. The van der Waals surface area contributed by atoms with E-state index in [-0.39, 0.29) is 4.90 Å². The molecule has 0 fully saturated rings. The van der Waals surface area contributed by atoms with Crippen molar-refractivity contribution < 1.29 is 13.5 Å². The minimum atomic E-state index is -3.47. The lowest BCUT2D eigenvalue weighted by atomic mass is 10.1. The highest BCUT2D eigenvalue weighted by Gasteiger charge is 2.21. The summed E-state index contributed by atoms with van der Waals surface area (Å²) in [6.45, 7) is 6.25. The second-order valence-corrected chi connectivity index (χ2v) is 7.30. The molecule has 5 heteroatoms. The summed E-state index contributed by atoms with van der Waals surface area (Å²) < 4.78 is 26.1. The Morgan fingerprint density at radius 2 is 1.89 bits per heavy atom. The summed E-state index contributed by atoms with van der Waals surface area (Å²) in [5.74, 6) is 0.460. The topological polar surface area (TPSA) is 57.6 Å². The van der Waals surface area contributed by atoms with Crippen LogP contribution in [0.5, 0.6) is 0 Å². The van der Waals surface area contributed by atoms with Gasteiger partial charge in [-0.05, 0) is 37.0 Å². The standard InChI is InChI=1S/C14H23NO3S/c1-11(2)8-9-15(4)19(17,18)14-7-5-6-13(10-14)12(3)16/h5-7,10-12,16H,8-9H2,1-4H3. The molecular formula is C14H23NO3S. The van der Waals surface area contributed by atoms with Crippen LogP contribution in [0.2, 0.25) is 0 Å². The SMILES string of the molecule is CC(C)CCN(C)S(=O)(=O)c1cccc(C(C)O)c1. The van der Waals surface area contributed by atoms with Crippen molar-refractivity contribution >= 4 is 10.0 Å². The molecule has 0 heterocycles. The first kappa shape index (κ1) is 16.1. The van der Waals surface area contributed by atoms with Crippen molar-refractivity contribution in [1.29, 1.82) is 0 Å². The number of hydrogen-bond donors (Lipinski definition) is 1. The Bertz CT molecular complexity index is 509. The molecule has 0 spiro atoms. The van der Waals surface area contributed by atoms with Gasteiger partial charge in [-0.15, -0.1) is 0 Å². The fraction of sp³-hybridized carbons (Fsp3) is 0.571. The van der Waals surface area contributed by atoms with E-state index < -0.39 is 16.1 Å². The zero-order valence-corrected chi connectivity index (χ0v) is 12.8. The first-order valence-electron chi connectivity index (χ1n) is 6.49. The highest BCUT2D eigenvalue weighted by atomic mass is 32.2. The van der Waals surface area contributed by atoms with Gasteiger partial charge in [-0.25, -0.2) is 12.7 Å². The van der Waals surface area contributed by atoms with Crippen molar-refractivity contribution in [2.75, 3.05) is 13.6 Å². The maximum absolute atomic E-state index is 12.4. The number of aliphatic hydroxyl groups is 1. The van der Waals surface area contributed by atoms with Crippen LogP contribution < -0.4 is 0 Å². The van der Waals surface area contributed by atoms with Crippen LogP contribution in [0.1, 0.15) is 38.9 Å². The van der Waals surface area contributed by atoms with Crippen LogP contribution in [0.3, 0.4) is 0 Å². The molecule has 0 aromatic heterocycles. The number of aliphatic hydroxyl groups excluding tert-OH is 1. The molecule has 108 valence electrons. The molecule has 0 aliphatic heterocycles. The zero-order chi connectivity index (χ0) is 14.6. The lowest BCUT2D eigenvalue weighted by molar-refractivity contribution is 0.199. The van der Waals surface area contributed by atoms with E-state index in [2.05, 4.69) is 13.8 Å². The van der Waals surface area contributed by atoms with Crippen LogP contribution in [-0.2, 0) is 10.0 Å². The van der Waals surface area contributed by atoms with Gasteiger partial charge < -0.3 is 5.11 Å². The van der Waals surface area contributed by atoms with Crippen molar-refractivity contribution in [1.82, 2.24) is 4.31 Å². The number of sulfonamides is 1. The van der Waals surface area contributed by atoms with Gasteiger partial charge in [0.2, 0.25) is 10.0 Å². The molecular weight excluding hydrogens is 262 g/mol. The maximum atomic E-state index is 12.4. The minimum Gasteiger partial charge on any atom is -0.389 e. The first-order valence-corrected chi connectivity index (χ1v) is 7.93. The van der Waals surface area contributed by atoms with Gasteiger partial charge in [0.25, 0.3) is 0 Å². The summed E-state index contributed by atoms with van der Waals surface area (Å²) in [5, 5.41) is 9.52. The third-order valence-electron chi connectivity index (χ3n) is 3.07. The third-order valence-corrected chi connectivity index (χ3v) is 4.92. The minimum absolute atomic E-state index is 0.233. The lowest BCUT2D eigenvalue weighted by Crippen LogP contribution is -2.28. The third kappa shape index (κ3) is 4.30. The van der Waals surface area contributed by atoms with Crippen LogP contribution >= 0.6 is 0 Å². The average molecular weight is 285 g/mol. The van der Waals surface area contributed by atoms with Crippen LogP contribution in [0.4, 0.5) is 0 Å². The highest BCUT2D eigenvalue weighted by molar-refractivity contribution is 7.89. The quantitative estimate of drug-likeness (QED) is 0.873. The smallest absolute Gasteiger partial charge is 0.242 e. The Labute approximate surface area is 116 Å². The number of nitrogens with zero attached hydrogens (tertiary/aromatic N) is 1. The predicted octanol–water partition coefficient (Wildman–Crippen LogP) is 2.41. The molecule has 1 aromatic rings. The van der Waals surface area contributed by atoms with Crippen molar-refractivity contribution in [3.8, 4) is 0 Å². The highest BCUT2D eigenvalue weighted by Crippen LogP contribution is 2.20.